The molecule has 4 aromatic rings. The number of halogens is 1. The summed E-state index contributed by atoms with van der Waals surface area (Å²) in [6, 6.07) is 16.8. The molecule has 1 N–H and O–H groups in total. The molecule has 0 radical (unpaired) electrons. The van der Waals surface area contributed by atoms with Gasteiger partial charge in [0.2, 0.25) is 0 Å². The van der Waals surface area contributed by atoms with Crippen LogP contribution in [0.2, 0.25) is 0 Å². The molecule has 2 heterocycles. The first-order valence-corrected chi connectivity index (χ1v) is 14.1. The van der Waals surface area contributed by atoms with Gasteiger partial charge in [-0.25, -0.2) is 14.4 Å². The maximum atomic E-state index is 15.0. The molecule has 0 saturated carbocycles. The molecule has 2 unspecified atom stereocenters. The SMILES string of the molecule is CC1=C(C=N)CC2c3nc(-c4ccnc5ccccc45)nc(-c4ccccc4F)c3CCC2C1.CCC(C)C. The Morgan fingerprint density at radius 3 is 2.49 bits per heavy atom. The topological polar surface area (TPSA) is 62.5 Å². The van der Waals surface area contributed by atoms with Crippen LogP contribution < -0.4 is 0 Å². The van der Waals surface area contributed by atoms with Crippen molar-refractivity contribution in [1.29, 1.82) is 5.41 Å². The third-order valence-corrected chi connectivity index (χ3v) is 8.29. The molecule has 0 saturated heterocycles. The minimum absolute atomic E-state index is 0.212. The fraction of sp³-hybridized carbons (Fsp3) is 0.353. The van der Waals surface area contributed by atoms with Crippen LogP contribution in [-0.2, 0) is 6.42 Å². The van der Waals surface area contributed by atoms with Crippen molar-refractivity contribution in [2.45, 2.75) is 65.7 Å². The number of aromatic nitrogens is 3. The van der Waals surface area contributed by atoms with Crippen LogP contribution in [0.1, 0.15) is 70.6 Å². The maximum absolute atomic E-state index is 15.0. The van der Waals surface area contributed by atoms with E-state index in [2.05, 4.69) is 32.7 Å². The number of nitrogens with one attached hydrogen (secondary N) is 1. The number of nitrogens with zero attached hydrogens (tertiary/aromatic N) is 3. The largest absolute Gasteiger partial charge is 0.308 e. The van der Waals surface area contributed by atoms with Crippen LogP contribution in [0, 0.1) is 23.1 Å². The summed E-state index contributed by atoms with van der Waals surface area (Å²) in [6.07, 6.45) is 8.24. The number of benzene rings is 2. The lowest BCUT2D eigenvalue weighted by Gasteiger charge is -2.38. The lowest BCUT2D eigenvalue weighted by Crippen LogP contribution is -2.27. The highest BCUT2D eigenvalue weighted by Gasteiger charge is 2.37. The van der Waals surface area contributed by atoms with E-state index in [1.807, 2.05) is 42.5 Å². The molecule has 2 aromatic carbocycles. The predicted molar refractivity (Wildman–Crippen MR) is 159 cm³/mol. The van der Waals surface area contributed by atoms with E-state index in [4.69, 9.17) is 15.4 Å². The zero-order valence-corrected chi connectivity index (χ0v) is 23.3. The quantitative estimate of drug-likeness (QED) is 0.273. The third-order valence-electron chi connectivity index (χ3n) is 8.29. The fourth-order valence-corrected chi connectivity index (χ4v) is 5.72. The van der Waals surface area contributed by atoms with E-state index in [1.54, 1.807) is 12.3 Å². The van der Waals surface area contributed by atoms with Gasteiger partial charge in [0.1, 0.15) is 5.82 Å². The van der Waals surface area contributed by atoms with Gasteiger partial charge >= 0.3 is 0 Å². The maximum Gasteiger partial charge on any atom is 0.160 e. The van der Waals surface area contributed by atoms with E-state index in [0.717, 1.165) is 64.9 Å². The lowest BCUT2D eigenvalue weighted by molar-refractivity contribution is 0.343. The number of rotatable bonds is 4. The zero-order valence-electron chi connectivity index (χ0n) is 23.3. The summed E-state index contributed by atoms with van der Waals surface area (Å²) in [4.78, 5) is 14.7. The van der Waals surface area contributed by atoms with Crippen LogP contribution in [0.3, 0.4) is 0 Å². The first-order chi connectivity index (χ1) is 18.9. The number of hydrogen-bond acceptors (Lipinski definition) is 4. The fourth-order valence-electron chi connectivity index (χ4n) is 5.72. The third kappa shape index (κ3) is 5.40. The lowest BCUT2D eigenvalue weighted by atomic mass is 9.68. The van der Waals surface area contributed by atoms with Gasteiger partial charge in [-0.3, -0.25) is 4.98 Å². The van der Waals surface area contributed by atoms with Crippen molar-refractivity contribution in [3.8, 4) is 22.6 Å². The van der Waals surface area contributed by atoms with Crippen LogP contribution in [0.15, 0.2) is 71.9 Å². The molecule has 0 fully saturated rings. The van der Waals surface area contributed by atoms with Gasteiger partial charge in [-0.15, -0.1) is 0 Å². The Balaban J connectivity index is 0.000000567. The van der Waals surface area contributed by atoms with Gasteiger partial charge in [-0.2, -0.15) is 0 Å². The van der Waals surface area contributed by atoms with E-state index in [1.165, 1.54) is 24.3 Å². The Kier molecular flexibility index (Phi) is 7.97. The summed E-state index contributed by atoms with van der Waals surface area (Å²) >= 11 is 0. The number of hydrogen-bond donors (Lipinski definition) is 1. The van der Waals surface area contributed by atoms with Gasteiger partial charge in [0.05, 0.1) is 16.9 Å². The van der Waals surface area contributed by atoms with Crippen LogP contribution in [-0.4, -0.2) is 21.2 Å². The van der Waals surface area contributed by atoms with Crippen LogP contribution >= 0.6 is 0 Å². The number of allylic oxidation sites excluding steroid dienone is 2. The van der Waals surface area contributed by atoms with Crippen molar-refractivity contribution in [1.82, 2.24) is 15.0 Å². The molecule has 0 amide bonds. The van der Waals surface area contributed by atoms with E-state index in [-0.39, 0.29) is 11.7 Å². The molecule has 2 aliphatic rings. The molecule has 2 atom stereocenters. The van der Waals surface area contributed by atoms with Crippen LogP contribution in [0.4, 0.5) is 4.39 Å². The predicted octanol–water partition coefficient (Wildman–Crippen LogP) is 8.96. The number of pyridine rings is 1. The molecule has 0 spiro atoms. The molecule has 6 rings (SSSR count). The van der Waals surface area contributed by atoms with Crippen LogP contribution in [0.5, 0.6) is 0 Å². The van der Waals surface area contributed by atoms with E-state index in [9.17, 15) is 0 Å². The summed E-state index contributed by atoms with van der Waals surface area (Å²) in [6.45, 7) is 8.79. The zero-order chi connectivity index (χ0) is 27.5. The molecule has 2 aliphatic carbocycles. The standard InChI is InChI=1S/C29H25FN4.C5H12/c1-17-14-18-10-11-23-27(22-7-2-4-8-25(22)30)33-29(34-28(23)24(18)15-19(17)16-31)21-12-13-32-26-9-5-3-6-20(21)26;1-4-5(2)3/h2-9,12-13,16,18,24,31H,10-11,14-15H2,1H3;5H,4H2,1-3H3. The van der Waals surface area contributed by atoms with Crippen LogP contribution in [0.25, 0.3) is 33.5 Å². The molecular formula is C34H37FN4. The van der Waals surface area contributed by atoms with Gasteiger partial charge in [0.25, 0.3) is 0 Å². The molecule has 0 aliphatic heterocycles. The van der Waals surface area contributed by atoms with Crippen molar-refractivity contribution in [2.75, 3.05) is 0 Å². The van der Waals surface area contributed by atoms with Crippen molar-refractivity contribution in [3.05, 3.63) is 89.0 Å². The second-order valence-corrected chi connectivity index (χ2v) is 11.2. The Morgan fingerprint density at radius 2 is 1.74 bits per heavy atom. The van der Waals surface area contributed by atoms with Crippen molar-refractivity contribution in [3.63, 3.8) is 0 Å². The average molecular weight is 521 g/mol. The molecule has 0 bridgehead atoms. The number of fused-ring (bicyclic) bond motifs is 4. The Bertz CT molecular complexity index is 1530. The summed E-state index contributed by atoms with van der Waals surface area (Å²) in [7, 11) is 0. The highest BCUT2D eigenvalue weighted by Crippen LogP contribution is 2.48. The summed E-state index contributed by atoms with van der Waals surface area (Å²) < 4.78 is 15.0. The monoisotopic (exact) mass is 520 g/mol. The Morgan fingerprint density at radius 1 is 1.00 bits per heavy atom. The molecule has 200 valence electrons. The minimum atomic E-state index is -0.268. The number of para-hydroxylation sites is 1. The normalized spacial score (nSPS) is 18.3. The van der Waals surface area contributed by atoms with Crippen molar-refractivity contribution >= 4 is 17.1 Å². The molecule has 2 aromatic heterocycles. The van der Waals surface area contributed by atoms with Gasteiger partial charge in [-0.05, 0) is 74.3 Å². The van der Waals surface area contributed by atoms with Gasteiger partial charge < -0.3 is 5.41 Å². The first kappa shape index (κ1) is 26.9. The minimum Gasteiger partial charge on any atom is -0.308 e. The second kappa shape index (κ2) is 11.6. The second-order valence-electron chi connectivity index (χ2n) is 11.2. The summed E-state index contributed by atoms with van der Waals surface area (Å²) in [5.74, 6) is 1.93. The van der Waals surface area contributed by atoms with Gasteiger partial charge in [0.15, 0.2) is 5.82 Å². The van der Waals surface area contributed by atoms with E-state index >= 15 is 4.39 Å². The van der Waals surface area contributed by atoms with E-state index < -0.39 is 0 Å². The highest BCUT2D eigenvalue weighted by atomic mass is 19.1. The average Bonchev–Trinajstić information content (AvgIpc) is 2.96. The first-order valence-electron chi connectivity index (χ1n) is 14.1. The van der Waals surface area contributed by atoms with Gasteiger partial charge in [-0.1, -0.05) is 63.1 Å². The highest BCUT2D eigenvalue weighted by molar-refractivity contribution is 5.92. The molecule has 5 heteroatoms. The van der Waals surface area contributed by atoms with Gasteiger partial charge in [0, 0.05) is 40.4 Å². The molecular weight excluding hydrogens is 483 g/mol. The Labute approximate surface area is 231 Å². The molecule has 39 heavy (non-hydrogen) atoms. The molecule has 4 nitrogen and oxygen atoms in total. The Hall–Kier alpha value is -3.73. The smallest absolute Gasteiger partial charge is 0.160 e. The van der Waals surface area contributed by atoms with E-state index in [0.29, 0.717) is 23.0 Å². The summed E-state index contributed by atoms with van der Waals surface area (Å²) in [5, 5.41) is 8.90. The summed E-state index contributed by atoms with van der Waals surface area (Å²) in [5.41, 5.74) is 7.48. The van der Waals surface area contributed by atoms with Crippen molar-refractivity contribution in [2.24, 2.45) is 11.8 Å². The van der Waals surface area contributed by atoms with Crippen molar-refractivity contribution < 1.29 is 4.39 Å².